The van der Waals surface area contributed by atoms with E-state index in [0.717, 1.165) is 12.8 Å². The SMILES string of the molecule is CC(C)OCCCCNc1ncc(Cl)cc1[N+](=O)[O-]. The molecule has 1 heterocycles. The lowest BCUT2D eigenvalue weighted by atomic mass is 10.3. The first-order valence-electron chi connectivity index (χ1n) is 6.16. The Morgan fingerprint density at radius 3 is 2.89 bits per heavy atom. The molecule has 0 fully saturated rings. The summed E-state index contributed by atoms with van der Waals surface area (Å²) in [5.74, 6) is 0.249. The van der Waals surface area contributed by atoms with Gasteiger partial charge in [0.05, 0.1) is 16.0 Å². The molecule has 0 atom stereocenters. The molecular weight excluding hydrogens is 270 g/mol. The Hall–Kier alpha value is -1.40. The van der Waals surface area contributed by atoms with Crippen LogP contribution >= 0.6 is 11.6 Å². The molecule has 0 aliphatic rings. The first-order chi connectivity index (χ1) is 9.00. The Morgan fingerprint density at radius 1 is 1.53 bits per heavy atom. The van der Waals surface area contributed by atoms with Crippen LogP contribution < -0.4 is 5.32 Å². The highest BCUT2D eigenvalue weighted by molar-refractivity contribution is 6.30. The fourth-order valence-electron chi connectivity index (χ4n) is 1.46. The van der Waals surface area contributed by atoms with Crippen molar-refractivity contribution in [2.24, 2.45) is 0 Å². The Balaban J connectivity index is 2.39. The van der Waals surface area contributed by atoms with Crippen LogP contribution in [0.4, 0.5) is 11.5 Å². The number of rotatable bonds is 8. The Kier molecular flexibility index (Phi) is 6.52. The largest absolute Gasteiger partial charge is 0.379 e. The predicted octanol–water partition coefficient (Wildman–Crippen LogP) is 3.26. The molecule has 7 heteroatoms. The molecule has 0 aromatic carbocycles. The van der Waals surface area contributed by atoms with E-state index in [1.807, 2.05) is 13.8 Å². The van der Waals surface area contributed by atoms with Crippen LogP contribution in [0.1, 0.15) is 26.7 Å². The monoisotopic (exact) mass is 287 g/mol. The summed E-state index contributed by atoms with van der Waals surface area (Å²) in [6.45, 7) is 5.27. The van der Waals surface area contributed by atoms with Crippen molar-refractivity contribution in [3.8, 4) is 0 Å². The molecule has 0 aliphatic carbocycles. The van der Waals surface area contributed by atoms with Crippen molar-refractivity contribution < 1.29 is 9.66 Å². The second-order valence-corrected chi connectivity index (χ2v) is 4.77. The van der Waals surface area contributed by atoms with Gasteiger partial charge in [-0.15, -0.1) is 0 Å². The molecular formula is C12H18ClN3O3. The van der Waals surface area contributed by atoms with Gasteiger partial charge in [-0.1, -0.05) is 11.6 Å². The van der Waals surface area contributed by atoms with Gasteiger partial charge in [0.2, 0.25) is 5.82 Å². The Labute approximate surface area is 117 Å². The summed E-state index contributed by atoms with van der Waals surface area (Å²) in [7, 11) is 0. The average Bonchev–Trinajstić information content (AvgIpc) is 2.34. The molecule has 19 heavy (non-hydrogen) atoms. The smallest absolute Gasteiger partial charge is 0.312 e. The first kappa shape index (κ1) is 15.7. The van der Waals surface area contributed by atoms with Crippen LogP contribution in [0, 0.1) is 10.1 Å². The maximum Gasteiger partial charge on any atom is 0.312 e. The number of pyridine rings is 1. The molecule has 0 saturated carbocycles. The van der Waals surface area contributed by atoms with Crippen LogP contribution in [0.15, 0.2) is 12.3 Å². The fraction of sp³-hybridized carbons (Fsp3) is 0.583. The van der Waals surface area contributed by atoms with Crippen molar-refractivity contribution >= 4 is 23.1 Å². The van der Waals surface area contributed by atoms with E-state index in [1.165, 1.54) is 12.3 Å². The zero-order valence-electron chi connectivity index (χ0n) is 11.1. The van der Waals surface area contributed by atoms with E-state index in [-0.39, 0.29) is 22.6 Å². The number of unbranched alkanes of at least 4 members (excludes halogenated alkanes) is 1. The molecule has 0 radical (unpaired) electrons. The summed E-state index contributed by atoms with van der Waals surface area (Å²) in [5.41, 5.74) is -0.106. The minimum Gasteiger partial charge on any atom is -0.379 e. The molecule has 0 bridgehead atoms. The quantitative estimate of drug-likeness (QED) is 0.451. The third-order valence-electron chi connectivity index (χ3n) is 2.35. The topological polar surface area (TPSA) is 77.3 Å². The van der Waals surface area contributed by atoms with Gasteiger partial charge in [0, 0.05) is 25.4 Å². The zero-order valence-corrected chi connectivity index (χ0v) is 11.8. The maximum absolute atomic E-state index is 10.8. The molecule has 1 aromatic heterocycles. The highest BCUT2D eigenvalue weighted by Crippen LogP contribution is 2.24. The van der Waals surface area contributed by atoms with Crippen molar-refractivity contribution in [1.29, 1.82) is 0 Å². The van der Waals surface area contributed by atoms with Gasteiger partial charge in [-0.25, -0.2) is 4.98 Å². The number of anilines is 1. The number of nitrogens with one attached hydrogen (secondary N) is 1. The van der Waals surface area contributed by atoms with Gasteiger partial charge in [0.1, 0.15) is 0 Å². The summed E-state index contributed by atoms with van der Waals surface area (Å²) in [4.78, 5) is 14.3. The lowest BCUT2D eigenvalue weighted by molar-refractivity contribution is -0.384. The molecule has 106 valence electrons. The zero-order chi connectivity index (χ0) is 14.3. The summed E-state index contributed by atoms with van der Waals surface area (Å²) in [5, 5.41) is 14.0. The van der Waals surface area contributed by atoms with Gasteiger partial charge in [-0.3, -0.25) is 10.1 Å². The number of nitro groups is 1. The fourth-order valence-corrected chi connectivity index (χ4v) is 1.61. The highest BCUT2D eigenvalue weighted by atomic mass is 35.5. The number of halogens is 1. The normalized spacial score (nSPS) is 10.7. The van der Waals surface area contributed by atoms with Gasteiger partial charge in [-0.2, -0.15) is 0 Å². The van der Waals surface area contributed by atoms with E-state index >= 15 is 0 Å². The highest BCUT2D eigenvalue weighted by Gasteiger charge is 2.15. The lowest BCUT2D eigenvalue weighted by Gasteiger charge is -2.08. The second kappa shape index (κ2) is 7.91. The molecule has 1 N–H and O–H groups in total. The minimum atomic E-state index is -0.497. The maximum atomic E-state index is 10.8. The minimum absolute atomic E-state index is 0.106. The molecule has 1 rings (SSSR count). The average molecular weight is 288 g/mol. The second-order valence-electron chi connectivity index (χ2n) is 4.33. The first-order valence-corrected chi connectivity index (χ1v) is 6.54. The van der Waals surface area contributed by atoms with E-state index in [4.69, 9.17) is 16.3 Å². The van der Waals surface area contributed by atoms with Crippen LogP contribution in [0.25, 0.3) is 0 Å². The van der Waals surface area contributed by atoms with E-state index in [1.54, 1.807) is 0 Å². The lowest BCUT2D eigenvalue weighted by Crippen LogP contribution is -2.08. The van der Waals surface area contributed by atoms with Gasteiger partial charge in [0.25, 0.3) is 0 Å². The van der Waals surface area contributed by atoms with Crippen molar-refractivity contribution in [3.63, 3.8) is 0 Å². The van der Waals surface area contributed by atoms with Crippen LogP contribution in [-0.2, 0) is 4.74 Å². The molecule has 0 amide bonds. The number of aromatic nitrogens is 1. The number of ether oxygens (including phenoxy) is 1. The van der Waals surface area contributed by atoms with Crippen molar-refractivity contribution in [2.45, 2.75) is 32.8 Å². The van der Waals surface area contributed by atoms with Gasteiger partial charge in [0.15, 0.2) is 0 Å². The van der Waals surface area contributed by atoms with E-state index in [2.05, 4.69) is 10.3 Å². The Morgan fingerprint density at radius 2 is 2.26 bits per heavy atom. The van der Waals surface area contributed by atoms with E-state index in [9.17, 15) is 10.1 Å². The third kappa shape index (κ3) is 5.85. The molecule has 0 spiro atoms. The molecule has 1 aromatic rings. The van der Waals surface area contributed by atoms with Gasteiger partial charge in [-0.05, 0) is 26.7 Å². The summed E-state index contributed by atoms with van der Waals surface area (Å²) < 4.78 is 5.40. The molecule has 6 nitrogen and oxygen atoms in total. The standard InChI is InChI=1S/C12H18ClN3O3/c1-9(2)19-6-4-3-5-14-12-11(16(17)18)7-10(13)8-15-12/h7-9H,3-6H2,1-2H3,(H,14,15). The molecule has 0 unspecified atom stereocenters. The molecule has 0 saturated heterocycles. The van der Waals surface area contributed by atoms with E-state index < -0.39 is 4.92 Å². The van der Waals surface area contributed by atoms with E-state index in [0.29, 0.717) is 13.2 Å². The molecule has 0 aliphatic heterocycles. The van der Waals surface area contributed by atoms with Crippen molar-refractivity contribution in [2.75, 3.05) is 18.5 Å². The van der Waals surface area contributed by atoms with Crippen molar-refractivity contribution in [1.82, 2.24) is 4.98 Å². The summed E-state index contributed by atoms with van der Waals surface area (Å²) in [6, 6.07) is 1.29. The summed E-state index contributed by atoms with van der Waals surface area (Å²) >= 11 is 5.68. The number of nitrogens with zero attached hydrogens (tertiary/aromatic N) is 2. The third-order valence-corrected chi connectivity index (χ3v) is 2.55. The van der Waals surface area contributed by atoms with Gasteiger partial charge < -0.3 is 10.1 Å². The summed E-state index contributed by atoms with van der Waals surface area (Å²) in [6.07, 6.45) is 3.37. The van der Waals surface area contributed by atoms with Crippen LogP contribution in [0.2, 0.25) is 5.02 Å². The predicted molar refractivity (Wildman–Crippen MR) is 74.7 cm³/mol. The van der Waals surface area contributed by atoms with Crippen LogP contribution in [-0.4, -0.2) is 29.2 Å². The Bertz CT molecular complexity index is 427. The number of hydrogen-bond donors (Lipinski definition) is 1. The van der Waals surface area contributed by atoms with Crippen molar-refractivity contribution in [3.05, 3.63) is 27.4 Å². The van der Waals surface area contributed by atoms with Crippen LogP contribution in [0.3, 0.4) is 0 Å². The van der Waals surface area contributed by atoms with Crippen LogP contribution in [0.5, 0.6) is 0 Å². The van der Waals surface area contributed by atoms with Gasteiger partial charge >= 0.3 is 5.69 Å². The number of hydrogen-bond acceptors (Lipinski definition) is 5.